The van der Waals surface area contributed by atoms with Gasteiger partial charge in [0.15, 0.2) is 0 Å². The number of aryl methyl sites for hydroxylation is 1. The third-order valence-corrected chi connectivity index (χ3v) is 1.16. The number of terminal acetylenes is 1. The summed E-state index contributed by atoms with van der Waals surface area (Å²) in [5.74, 6) is 3.48. The van der Waals surface area contributed by atoms with Gasteiger partial charge in [-0.15, -0.1) is 16.6 Å². The summed E-state index contributed by atoms with van der Waals surface area (Å²) in [6.07, 6.45) is 5.14. The van der Waals surface area contributed by atoms with Crippen molar-refractivity contribution in [3.05, 3.63) is 11.8 Å². The van der Waals surface area contributed by atoms with Crippen molar-refractivity contribution in [3.63, 3.8) is 0 Å². The number of nitrogens with zero attached hydrogens (tertiary/aromatic N) is 2. The Morgan fingerprint density at radius 1 is 1.60 bits per heavy atom. The molecular formula is C7H8N2O. The zero-order valence-electron chi connectivity index (χ0n) is 5.96. The minimum Gasteiger partial charge on any atom is -0.424 e. The van der Waals surface area contributed by atoms with Gasteiger partial charge in [0.1, 0.15) is 0 Å². The van der Waals surface area contributed by atoms with Gasteiger partial charge in [-0.25, -0.2) is 0 Å². The standard InChI is InChI=1S/C7H8N2O/c1-4-5(2)7-9-8-6(3)10-7/h1,5H,2-3H3/t5-/m0/s1. The second-order valence-electron chi connectivity index (χ2n) is 2.05. The molecule has 0 fully saturated rings. The first-order valence-electron chi connectivity index (χ1n) is 3.00. The minimum atomic E-state index is -0.0822. The van der Waals surface area contributed by atoms with Gasteiger partial charge in [0.2, 0.25) is 11.8 Å². The van der Waals surface area contributed by atoms with Crippen molar-refractivity contribution in [3.8, 4) is 12.3 Å². The lowest BCUT2D eigenvalue weighted by Gasteiger charge is -1.91. The van der Waals surface area contributed by atoms with Crippen LogP contribution in [0.5, 0.6) is 0 Å². The van der Waals surface area contributed by atoms with Gasteiger partial charge in [0.25, 0.3) is 0 Å². The summed E-state index contributed by atoms with van der Waals surface area (Å²) in [5, 5.41) is 7.40. The maximum Gasteiger partial charge on any atom is 0.231 e. The molecule has 1 heterocycles. The zero-order valence-corrected chi connectivity index (χ0v) is 5.96. The molecule has 0 N–H and O–H groups in total. The van der Waals surface area contributed by atoms with E-state index >= 15 is 0 Å². The Morgan fingerprint density at radius 2 is 2.30 bits per heavy atom. The highest BCUT2D eigenvalue weighted by atomic mass is 16.4. The van der Waals surface area contributed by atoms with Gasteiger partial charge in [0, 0.05) is 6.92 Å². The number of rotatable bonds is 1. The molecule has 0 bridgehead atoms. The molecule has 0 radical (unpaired) electrons. The van der Waals surface area contributed by atoms with Crippen molar-refractivity contribution in [2.24, 2.45) is 0 Å². The van der Waals surface area contributed by atoms with E-state index in [1.807, 2.05) is 6.92 Å². The molecule has 52 valence electrons. The van der Waals surface area contributed by atoms with Gasteiger partial charge in [-0.2, -0.15) is 0 Å². The first-order valence-corrected chi connectivity index (χ1v) is 3.00. The van der Waals surface area contributed by atoms with Crippen molar-refractivity contribution in [2.75, 3.05) is 0 Å². The summed E-state index contributed by atoms with van der Waals surface area (Å²) >= 11 is 0. The first kappa shape index (κ1) is 6.81. The lowest BCUT2D eigenvalue weighted by atomic mass is 10.2. The van der Waals surface area contributed by atoms with Crippen molar-refractivity contribution < 1.29 is 4.42 Å². The monoisotopic (exact) mass is 136 g/mol. The summed E-state index contributed by atoms with van der Waals surface area (Å²) in [6, 6.07) is 0. The molecule has 3 nitrogen and oxygen atoms in total. The Kier molecular flexibility index (Phi) is 1.72. The second-order valence-corrected chi connectivity index (χ2v) is 2.05. The fourth-order valence-corrected chi connectivity index (χ4v) is 0.558. The van der Waals surface area contributed by atoms with E-state index in [1.54, 1.807) is 6.92 Å². The van der Waals surface area contributed by atoms with Crippen LogP contribution < -0.4 is 0 Å². The average Bonchev–Trinajstić information content (AvgIpc) is 2.34. The normalized spacial score (nSPS) is 12.5. The van der Waals surface area contributed by atoms with Crippen LogP contribution in [0.1, 0.15) is 24.6 Å². The summed E-state index contributed by atoms with van der Waals surface area (Å²) in [5.41, 5.74) is 0. The van der Waals surface area contributed by atoms with E-state index in [-0.39, 0.29) is 5.92 Å². The topological polar surface area (TPSA) is 38.9 Å². The van der Waals surface area contributed by atoms with Gasteiger partial charge in [-0.05, 0) is 6.92 Å². The minimum absolute atomic E-state index is 0.0822. The number of hydrogen-bond donors (Lipinski definition) is 0. The Balaban J connectivity index is 2.87. The van der Waals surface area contributed by atoms with Crippen molar-refractivity contribution >= 4 is 0 Å². The van der Waals surface area contributed by atoms with Crippen LogP contribution in [0.25, 0.3) is 0 Å². The van der Waals surface area contributed by atoms with Crippen LogP contribution in [0.4, 0.5) is 0 Å². The fraction of sp³-hybridized carbons (Fsp3) is 0.429. The van der Waals surface area contributed by atoms with E-state index in [2.05, 4.69) is 16.1 Å². The fourth-order valence-electron chi connectivity index (χ4n) is 0.558. The summed E-state index contributed by atoms with van der Waals surface area (Å²) in [6.45, 7) is 3.58. The van der Waals surface area contributed by atoms with E-state index in [0.29, 0.717) is 11.8 Å². The van der Waals surface area contributed by atoms with Crippen LogP contribution >= 0.6 is 0 Å². The van der Waals surface area contributed by atoms with Crippen LogP contribution in [-0.2, 0) is 0 Å². The maximum atomic E-state index is 5.14. The largest absolute Gasteiger partial charge is 0.424 e. The molecule has 1 rings (SSSR count). The van der Waals surface area contributed by atoms with Crippen molar-refractivity contribution in [2.45, 2.75) is 19.8 Å². The molecular weight excluding hydrogens is 128 g/mol. The summed E-state index contributed by atoms with van der Waals surface area (Å²) in [7, 11) is 0. The lowest BCUT2D eigenvalue weighted by molar-refractivity contribution is 0.462. The third-order valence-electron chi connectivity index (χ3n) is 1.16. The molecule has 0 saturated carbocycles. The quantitative estimate of drug-likeness (QED) is 0.543. The smallest absolute Gasteiger partial charge is 0.231 e. The SMILES string of the molecule is C#C[C@H](C)c1nnc(C)o1. The van der Waals surface area contributed by atoms with E-state index < -0.39 is 0 Å². The lowest BCUT2D eigenvalue weighted by Crippen LogP contribution is -1.88. The molecule has 1 aromatic rings. The van der Waals surface area contributed by atoms with E-state index in [0.717, 1.165) is 0 Å². The molecule has 0 aliphatic rings. The zero-order chi connectivity index (χ0) is 7.56. The van der Waals surface area contributed by atoms with Gasteiger partial charge in [0.05, 0.1) is 5.92 Å². The maximum absolute atomic E-state index is 5.14. The highest BCUT2D eigenvalue weighted by molar-refractivity contribution is 5.06. The molecule has 3 heteroatoms. The van der Waals surface area contributed by atoms with Crippen LogP contribution in [-0.4, -0.2) is 10.2 Å². The van der Waals surface area contributed by atoms with Crippen LogP contribution in [0.2, 0.25) is 0 Å². The third kappa shape index (κ3) is 1.16. The van der Waals surface area contributed by atoms with E-state index in [9.17, 15) is 0 Å². The summed E-state index contributed by atoms with van der Waals surface area (Å²) in [4.78, 5) is 0. The summed E-state index contributed by atoms with van der Waals surface area (Å²) < 4.78 is 5.07. The Hall–Kier alpha value is -1.30. The van der Waals surface area contributed by atoms with Gasteiger partial charge in [-0.3, -0.25) is 0 Å². The predicted molar refractivity (Wildman–Crippen MR) is 36.3 cm³/mol. The second kappa shape index (κ2) is 2.53. The molecule has 0 saturated heterocycles. The van der Waals surface area contributed by atoms with E-state index in [1.165, 1.54) is 0 Å². The first-order chi connectivity index (χ1) is 4.74. The van der Waals surface area contributed by atoms with Crippen LogP contribution in [0.15, 0.2) is 4.42 Å². The highest BCUT2D eigenvalue weighted by Crippen LogP contribution is 2.10. The Bertz CT molecular complexity index is 259. The Labute approximate surface area is 59.5 Å². The molecule has 0 amide bonds. The number of hydrogen-bond acceptors (Lipinski definition) is 3. The molecule has 0 unspecified atom stereocenters. The van der Waals surface area contributed by atoms with Crippen LogP contribution in [0, 0.1) is 19.3 Å². The molecule has 1 aromatic heterocycles. The van der Waals surface area contributed by atoms with Crippen molar-refractivity contribution in [1.29, 1.82) is 0 Å². The number of aromatic nitrogens is 2. The molecule has 0 spiro atoms. The molecule has 0 aromatic carbocycles. The molecule has 10 heavy (non-hydrogen) atoms. The predicted octanol–water partition coefficient (Wildman–Crippen LogP) is 1.11. The van der Waals surface area contributed by atoms with Crippen LogP contribution in [0.3, 0.4) is 0 Å². The van der Waals surface area contributed by atoms with Crippen molar-refractivity contribution in [1.82, 2.24) is 10.2 Å². The van der Waals surface area contributed by atoms with E-state index in [4.69, 9.17) is 10.8 Å². The molecule has 0 aliphatic carbocycles. The molecule has 1 atom stereocenters. The highest BCUT2D eigenvalue weighted by Gasteiger charge is 2.07. The van der Waals surface area contributed by atoms with Gasteiger partial charge >= 0.3 is 0 Å². The average molecular weight is 136 g/mol. The van der Waals surface area contributed by atoms with Gasteiger partial charge < -0.3 is 4.42 Å². The van der Waals surface area contributed by atoms with Gasteiger partial charge in [-0.1, -0.05) is 5.92 Å². The Morgan fingerprint density at radius 3 is 2.70 bits per heavy atom. The molecule has 0 aliphatic heterocycles.